The number of halogens is 2. The van der Waals surface area contributed by atoms with Gasteiger partial charge in [-0.1, -0.05) is 0 Å². The first-order valence-corrected chi connectivity index (χ1v) is 8.37. The Bertz CT molecular complexity index is 960. The molecule has 0 bridgehead atoms. The highest BCUT2D eigenvalue weighted by Gasteiger charge is 2.26. The fourth-order valence-electron chi connectivity index (χ4n) is 2.72. The molecule has 2 heterocycles. The molecule has 1 aromatic carbocycles. The Hall–Kier alpha value is -3.03. The molecule has 1 aliphatic rings. The minimum Gasteiger partial charge on any atom is -0.309 e. The molecule has 1 fully saturated rings. The highest BCUT2D eigenvalue weighted by molar-refractivity contribution is 5.94. The third kappa shape index (κ3) is 3.22. The number of anilines is 1. The summed E-state index contributed by atoms with van der Waals surface area (Å²) in [6.07, 6.45) is 5.45. The first-order valence-electron chi connectivity index (χ1n) is 8.37. The molecule has 26 heavy (non-hydrogen) atoms. The highest BCUT2D eigenvalue weighted by Crippen LogP contribution is 2.39. The lowest BCUT2D eigenvalue weighted by molar-refractivity contribution is -0.117. The van der Waals surface area contributed by atoms with E-state index in [0.717, 1.165) is 30.7 Å². The van der Waals surface area contributed by atoms with E-state index in [4.69, 9.17) is 0 Å². The minimum atomic E-state index is -0.949. The predicted octanol–water partition coefficient (Wildman–Crippen LogP) is 3.49. The Morgan fingerprint density at radius 2 is 2.12 bits per heavy atom. The van der Waals surface area contributed by atoms with Crippen molar-refractivity contribution in [3.63, 3.8) is 0 Å². The van der Waals surface area contributed by atoms with Crippen LogP contribution in [0.4, 0.5) is 14.6 Å². The molecule has 8 heteroatoms. The minimum absolute atomic E-state index is 0.219. The Kier molecular flexibility index (Phi) is 4.02. The second-order valence-corrected chi connectivity index (χ2v) is 6.51. The second kappa shape index (κ2) is 6.36. The van der Waals surface area contributed by atoms with Crippen molar-refractivity contribution in [1.82, 2.24) is 20.0 Å². The molecule has 1 amide bonds. The van der Waals surface area contributed by atoms with Crippen molar-refractivity contribution in [2.75, 3.05) is 5.32 Å². The number of hydrogen-bond donors (Lipinski definition) is 2. The molecule has 0 unspecified atom stereocenters. The normalized spacial score (nSPS) is 15.0. The molecule has 134 valence electrons. The number of aromatic nitrogens is 4. The molecule has 0 aliphatic heterocycles. The van der Waals surface area contributed by atoms with E-state index in [-0.39, 0.29) is 5.91 Å². The van der Waals surface area contributed by atoms with Gasteiger partial charge in [-0.05, 0) is 31.9 Å². The molecular weight excluding hydrogens is 340 g/mol. The van der Waals surface area contributed by atoms with Crippen LogP contribution in [0.2, 0.25) is 0 Å². The summed E-state index contributed by atoms with van der Waals surface area (Å²) in [7, 11) is 0. The third-order valence-corrected chi connectivity index (χ3v) is 4.53. The Balaban J connectivity index is 1.46. The highest BCUT2D eigenvalue weighted by atomic mass is 19.2. The molecule has 0 saturated heterocycles. The summed E-state index contributed by atoms with van der Waals surface area (Å²) in [6.45, 7) is 1.75. The Morgan fingerprint density at radius 1 is 1.31 bits per heavy atom. The molecule has 1 aliphatic carbocycles. The van der Waals surface area contributed by atoms with Gasteiger partial charge in [0.15, 0.2) is 17.5 Å². The summed E-state index contributed by atoms with van der Waals surface area (Å²) in [4.78, 5) is 12.4. The first kappa shape index (κ1) is 16.4. The quantitative estimate of drug-likeness (QED) is 0.734. The summed E-state index contributed by atoms with van der Waals surface area (Å²) in [5, 5.41) is 14.0. The molecule has 6 nitrogen and oxygen atoms in total. The van der Waals surface area contributed by atoms with E-state index in [0.29, 0.717) is 23.0 Å². The number of carbonyl (C=O) groups excluding carboxylic acids is 1. The average molecular weight is 357 g/mol. The maximum absolute atomic E-state index is 13.4. The van der Waals surface area contributed by atoms with E-state index in [1.54, 1.807) is 13.1 Å². The number of benzene rings is 1. The summed E-state index contributed by atoms with van der Waals surface area (Å²) in [5.41, 5.74) is 2.08. The molecular formula is C18H17F2N5O. The van der Waals surface area contributed by atoms with E-state index in [2.05, 4.69) is 20.6 Å². The van der Waals surface area contributed by atoms with Crippen LogP contribution in [-0.2, 0) is 4.79 Å². The summed E-state index contributed by atoms with van der Waals surface area (Å²) in [6, 6.07) is 5.37. The van der Waals surface area contributed by atoms with Gasteiger partial charge in [0.2, 0.25) is 5.91 Å². The fraction of sp³-hybridized carbons (Fsp3) is 0.278. The maximum atomic E-state index is 13.4. The smallest absolute Gasteiger partial charge is 0.232 e. The largest absolute Gasteiger partial charge is 0.309 e. The van der Waals surface area contributed by atoms with Crippen LogP contribution in [-0.4, -0.2) is 25.9 Å². The summed E-state index contributed by atoms with van der Waals surface area (Å²) < 4.78 is 27.8. The third-order valence-electron chi connectivity index (χ3n) is 4.53. The fourth-order valence-corrected chi connectivity index (χ4v) is 2.72. The van der Waals surface area contributed by atoms with Crippen LogP contribution < -0.4 is 5.32 Å². The van der Waals surface area contributed by atoms with Gasteiger partial charge in [0.25, 0.3) is 0 Å². The van der Waals surface area contributed by atoms with Gasteiger partial charge in [0, 0.05) is 35.5 Å². The topological polar surface area (TPSA) is 75.6 Å². The van der Waals surface area contributed by atoms with Crippen LogP contribution in [0.25, 0.3) is 5.69 Å². The van der Waals surface area contributed by atoms with Crippen molar-refractivity contribution >= 4 is 11.7 Å². The van der Waals surface area contributed by atoms with E-state index in [1.807, 2.05) is 6.07 Å². The Morgan fingerprint density at radius 3 is 2.85 bits per heavy atom. The number of amides is 1. The number of nitrogens with zero attached hydrogens (tertiary/aromatic N) is 3. The van der Waals surface area contributed by atoms with Crippen molar-refractivity contribution in [3.8, 4) is 5.69 Å². The van der Waals surface area contributed by atoms with Crippen molar-refractivity contribution in [1.29, 1.82) is 0 Å². The van der Waals surface area contributed by atoms with E-state index in [9.17, 15) is 13.6 Å². The number of carbonyl (C=O) groups is 1. The lowest BCUT2D eigenvalue weighted by Gasteiger charge is -2.08. The molecule has 2 N–H and O–H groups in total. The van der Waals surface area contributed by atoms with E-state index in [1.165, 1.54) is 16.9 Å². The number of rotatable bonds is 5. The average Bonchev–Trinajstić information content (AvgIpc) is 3.17. The number of H-pyrrole nitrogens is 1. The lowest BCUT2D eigenvalue weighted by atomic mass is 10.0. The van der Waals surface area contributed by atoms with Crippen LogP contribution >= 0.6 is 0 Å². The second-order valence-electron chi connectivity index (χ2n) is 6.51. The van der Waals surface area contributed by atoms with Crippen LogP contribution in [0.3, 0.4) is 0 Å². The van der Waals surface area contributed by atoms with Crippen molar-refractivity contribution < 1.29 is 13.6 Å². The van der Waals surface area contributed by atoms with Gasteiger partial charge in [-0.2, -0.15) is 10.2 Å². The predicted molar refractivity (Wildman–Crippen MR) is 91.1 cm³/mol. The molecule has 2 aromatic heterocycles. The zero-order chi connectivity index (χ0) is 18.3. The van der Waals surface area contributed by atoms with Crippen molar-refractivity contribution in [2.24, 2.45) is 0 Å². The maximum Gasteiger partial charge on any atom is 0.232 e. The molecule has 0 spiro atoms. The van der Waals surface area contributed by atoms with Gasteiger partial charge in [-0.3, -0.25) is 9.89 Å². The van der Waals surface area contributed by atoms with Crippen LogP contribution in [0.15, 0.2) is 36.7 Å². The van der Waals surface area contributed by atoms with Crippen LogP contribution in [0.5, 0.6) is 0 Å². The van der Waals surface area contributed by atoms with E-state index >= 15 is 0 Å². The van der Waals surface area contributed by atoms with Gasteiger partial charge < -0.3 is 5.32 Å². The van der Waals surface area contributed by atoms with Gasteiger partial charge in [-0.25, -0.2) is 13.5 Å². The first-order chi connectivity index (χ1) is 12.5. The lowest BCUT2D eigenvalue weighted by Crippen LogP contribution is -2.18. The van der Waals surface area contributed by atoms with Gasteiger partial charge in [0.1, 0.15) is 0 Å². The monoisotopic (exact) mass is 357 g/mol. The van der Waals surface area contributed by atoms with E-state index < -0.39 is 17.6 Å². The molecule has 0 radical (unpaired) electrons. The molecule has 1 saturated carbocycles. The molecule has 1 atom stereocenters. The number of nitrogens with one attached hydrogen (secondary N) is 2. The zero-order valence-electron chi connectivity index (χ0n) is 14.0. The molecule has 3 aromatic rings. The zero-order valence-corrected chi connectivity index (χ0v) is 14.0. The standard InChI is InChI=1S/C18H17F2N5O/c1-10(18(26)22-17-7-16(23-24-17)11-2-3-11)12-8-21-25(9-12)13-4-5-14(19)15(20)6-13/h4-11H,2-3H2,1H3,(H2,22,23,24,26)/t10-/m1/s1. The van der Waals surface area contributed by atoms with Gasteiger partial charge >= 0.3 is 0 Å². The SMILES string of the molecule is C[C@@H](C(=O)Nc1cc(C2CC2)[nH]n1)c1cnn(-c2ccc(F)c(F)c2)c1. The van der Waals surface area contributed by atoms with Crippen molar-refractivity contribution in [2.45, 2.75) is 31.6 Å². The van der Waals surface area contributed by atoms with Crippen LogP contribution in [0, 0.1) is 11.6 Å². The van der Waals surface area contributed by atoms with Gasteiger partial charge in [-0.15, -0.1) is 0 Å². The van der Waals surface area contributed by atoms with Gasteiger partial charge in [0.05, 0.1) is 17.8 Å². The summed E-state index contributed by atoms with van der Waals surface area (Å²) >= 11 is 0. The summed E-state index contributed by atoms with van der Waals surface area (Å²) in [5.74, 6) is -1.54. The number of hydrogen-bond acceptors (Lipinski definition) is 3. The molecule has 4 rings (SSSR count). The number of aromatic amines is 1. The Labute approximate surface area is 148 Å². The van der Waals surface area contributed by atoms with Crippen molar-refractivity contribution in [3.05, 3.63) is 59.6 Å². The van der Waals surface area contributed by atoms with Crippen LogP contribution in [0.1, 0.15) is 42.9 Å².